The molecule has 1 N–H and O–H groups in total. The SMILES string of the molecule is Cn1c(CN(Cc2nc3ccccc3c(=O)[nH]2)CC2CCCO2)cc(=O)n(C)c1=O. The van der Waals surface area contributed by atoms with Gasteiger partial charge < -0.3 is 9.72 Å². The Kier molecular flexibility index (Phi) is 5.65. The van der Waals surface area contributed by atoms with Crippen molar-refractivity contribution in [3.63, 3.8) is 0 Å². The van der Waals surface area contributed by atoms with Crippen LogP contribution in [0.3, 0.4) is 0 Å². The van der Waals surface area contributed by atoms with E-state index in [1.165, 1.54) is 17.7 Å². The highest BCUT2D eigenvalue weighted by molar-refractivity contribution is 5.77. The lowest BCUT2D eigenvalue weighted by Gasteiger charge is -2.25. The fourth-order valence-electron chi connectivity index (χ4n) is 3.84. The lowest BCUT2D eigenvalue weighted by molar-refractivity contribution is 0.0661. The van der Waals surface area contributed by atoms with Crippen molar-refractivity contribution in [1.82, 2.24) is 24.0 Å². The summed E-state index contributed by atoms with van der Waals surface area (Å²) in [6.07, 6.45) is 2.03. The molecule has 3 heterocycles. The number of benzene rings is 1. The summed E-state index contributed by atoms with van der Waals surface area (Å²) in [5.41, 5.74) is 0.335. The van der Waals surface area contributed by atoms with Crippen LogP contribution in [0.15, 0.2) is 44.7 Å². The number of rotatable bonds is 6. The van der Waals surface area contributed by atoms with E-state index >= 15 is 0 Å². The first kappa shape index (κ1) is 20.2. The van der Waals surface area contributed by atoms with Gasteiger partial charge in [-0.05, 0) is 25.0 Å². The second-order valence-electron chi connectivity index (χ2n) is 7.71. The van der Waals surface area contributed by atoms with E-state index in [1.807, 2.05) is 12.1 Å². The van der Waals surface area contributed by atoms with Crippen LogP contribution in [0.4, 0.5) is 0 Å². The maximum atomic E-state index is 12.4. The van der Waals surface area contributed by atoms with Gasteiger partial charge in [-0.2, -0.15) is 0 Å². The molecule has 1 fully saturated rings. The highest BCUT2D eigenvalue weighted by Gasteiger charge is 2.21. The molecule has 1 aliphatic heterocycles. The van der Waals surface area contributed by atoms with Crippen LogP contribution in [0.2, 0.25) is 0 Å². The predicted molar refractivity (Wildman–Crippen MR) is 112 cm³/mol. The summed E-state index contributed by atoms with van der Waals surface area (Å²) in [5.74, 6) is 0.533. The van der Waals surface area contributed by atoms with E-state index < -0.39 is 0 Å². The van der Waals surface area contributed by atoms with E-state index in [9.17, 15) is 14.4 Å². The number of fused-ring (bicyclic) bond motifs is 1. The number of H-pyrrole nitrogens is 1. The average molecular weight is 411 g/mol. The molecule has 0 saturated carbocycles. The summed E-state index contributed by atoms with van der Waals surface area (Å²) in [5, 5.41) is 0.542. The molecule has 2 aromatic heterocycles. The minimum atomic E-state index is -0.369. The third kappa shape index (κ3) is 4.12. The molecular formula is C21H25N5O4. The van der Waals surface area contributed by atoms with Crippen LogP contribution in [0, 0.1) is 0 Å². The zero-order valence-corrected chi connectivity index (χ0v) is 17.1. The van der Waals surface area contributed by atoms with E-state index in [1.54, 1.807) is 19.2 Å². The fourth-order valence-corrected chi connectivity index (χ4v) is 3.84. The molecule has 3 aromatic rings. The third-order valence-corrected chi connectivity index (χ3v) is 5.53. The minimum absolute atomic E-state index is 0.0701. The molecule has 9 nitrogen and oxygen atoms in total. The van der Waals surface area contributed by atoms with Gasteiger partial charge >= 0.3 is 5.69 Å². The molecule has 0 aliphatic carbocycles. The Morgan fingerprint density at radius 2 is 1.97 bits per heavy atom. The molecule has 0 bridgehead atoms. The summed E-state index contributed by atoms with van der Waals surface area (Å²) >= 11 is 0. The summed E-state index contributed by atoms with van der Waals surface area (Å²) in [4.78, 5) is 46.4. The molecule has 1 unspecified atom stereocenters. The van der Waals surface area contributed by atoms with Crippen LogP contribution in [0.25, 0.3) is 10.9 Å². The van der Waals surface area contributed by atoms with E-state index in [0.717, 1.165) is 24.0 Å². The third-order valence-electron chi connectivity index (χ3n) is 5.53. The fraction of sp³-hybridized carbons (Fsp3) is 0.429. The highest BCUT2D eigenvalue weighted by Crippen LogP contribution is 2.16. The van der Waals surface area contributed by atoms with Gasteiger partial charge in [-0.1, -0.05) is 12.1 Å². The number of aromatic nitrogens is 4. The van der Waals surface area contributed by atoms with Crippen LogP contribution in [0.1, 0.15) is 24.4 Å². The van der Waals surface area contributed by atoms with Crippen LogP contribution in [-0.2, 0) is 31.9 Å². The molecule has 1 aromatic carbocycles. The molecule has 4 rings (SSSR count). The lowest BCUT2D eigenvalue weighted by Crippen LogP contribution is -2.40. The van der Waals surface area contributed by atoms with Crippen molar-refractivity contribution in [2.75, 3.05) is 13.2 Å². The predicted octanol–water partition coefficient (Wildman–Crippen LogP) is 0.502. The van der Waals surface area contributed by atoms with Crippen molar-refractivity contribution in [1.29, 1.82) is 0 Å². The quantitative estimate of drug-likeness (QED) is 0.634. The van der Waals surface area contributed by atoms with Gasteiger partial charge in [-0.3, -0.25) is 23.6 Å². The normalized spacial score (nSPS) is 16.6. The Bertz CT molecular complexity index is 1240. The first-order valence-corrected chi connectivity index (χ1v) is 10.00. The van der Waals surface area contributed by atoms with Gasteiger partial charge in [0.25, 0.3) is 11.1 Å². The van der Waals surface area contributed by atoms with Gasteiger partial charge in [0.15, 0.2) is 0 Å². The number of hydrogen-bond donors (Lipinski definition) is 1. The number of aromatic amines is 1. The van der Waals surface area contributed by atoms with Gasteiger partial charge in [-0.25, -0.2) is 9.78 Å². The summed E-state index contributed by atoms with van der Waals surface area (Å²) in [6, 6.07) is 8.67. The molecule has 0 spiro atoms. The smallest absolute Gasteiger partial charge is 0.330 e. The topological polar surface area (TPSA) is 102 Å². The Morgan fingerprint density at radius 3 is 2.73 bits per heavy atom. The van der Waals surface area contributed by atoms with Crippen molar-refractivity contribution >= 4 is 10.9 Å². The molecule has 1 saturated heterocycles. The highest BCUT2D eigenvalue weighted by atomic mass is 16.5. The Hall–Kier alpha value is -3.04. The molecule has 0 radical (unpaired) electrons. The molecule has 1 aliphatic rings. The number of nitrogens with one attached hydrogen (secondary N) is 1. The summed E-state index contributed by atoms with van der Waals surface area (Å²) in [7, 11) is 3.11. The van der Waals surface area contributed by atoms with Gasteiger partial charge in [0, 0.05) is 45.6 Å². The molecule has 30 heavy (non-hydrogen) atoms. The molecular weight excluding hydrogens is 386 g/mol. The molecule has 0 amide bonds. The Labute approximate surface area is 172 Å². The van der Waals surface area contributed by atoms with E-state index in [0.29, 0.717) is 42.1 Å². The second-order valence-corrected chi connectivity index (χ2v) is 7.71. The van der Waals surface area contributed by atoms with E-state index in [4.69, 9.17) is 4.74 Å². The van der Waals surface area contributed by atoms with E-state index in [2.05, 4.69) is 14.9 Å². The van der Waals surface area contributed by atoms with Gasteiger partial charge in [0.05, 0.1) is 23.6 Å². The first-order chi connectivity index (χ1) is 14.4. The number of ether oxygens (including phenoxy) is 1. The summed E-state index contributed by atoms with van der Waals surface area (Å²) in [6.45, 7) is 2.06. The standard InChI is InChI=1S/C21H25N5O4/c1-24-14(10-19(27)25(2)21(24)29)11-26(12-15-6-5-9-30-15)13-18-22-17-8-4-3-7-16(17)20(28)23-18/h3-4,7-8,10,15H,5-6,9,11-13H2,1-2H3,(H,22,23,28). The largest absolute Gasteiger partial charge is 0.377 e. The van der Waals surface area contributed by atoms with Crippen molar-refractivity contribution < 1.29 is 4.74 Å². The van der Waals surface area contributed by atoms with Crippen LogP contribution in [0.5, 0.6) is 0 Å². The van der Waals surface area contributed by atoms with Crippen molar-refractivity contribution in [3.05, 3.63) is 73.0 Å². The monoisotopic (exact) mass is 411 g/mol. The minimum Gasteiger partial charge on any atom is -0.377 e. The number of para-hydroxylation sites is 1. The lowest BCUT2D eigenvalue weighted by atomic mass is 10.2. The molecule has 9 heteroatoms. The molecule has 158 valence electrons. The van der Waals surface area contributed by atoms with Gasteiger partial charge in [0.2, 0.25) is 0 Å². The first-order valence-electron chi connectivity index (χ1n) is 10.00. The van der Waals surface area contributed by atoms with Crippen LogP contribution < -0.4 is 16.8 Å². The number of hydrogen-bond acceptors (Lipinski definition) is 6. The van der Waals surface area contributed by atoms with Gasteiger partial charge in [-0.15, -0.1) is 0 Å². The Morgan fingerprint density at radius 1 is 1.17 bits per heavy atom. The number of nitrogens with zero attached hydrogens (tertiary/aromatic N) is 4. The zero-order valence-electron chi connectivity index (χ0n) is 17.1. The van der Waals surface area contributed by atoms with E-state index in [-0.39, 0.29) is 22.9 Å². The van der Waals surface area contributed by atoms with Gasteiger partial charge in [0.1, 0.15) is 5.82 Å². The van der Waals surface area contributed by atoms with Crippen molar-refractivity contribution in [2.24, 2.45) is 14.1 Å². The van der Waals surface area contributed by atoms with Crippen LogP contribution in [-0.4, -0.2) is 43.3 Å². The van der Waals surface area contributed by atoms with Crippen molar-refractivity contribution in [3.8, 4) is 0 Å². The summed E-state index contributed by atoms with van der Waals surface area (Å²) < 4.78 is 8.33. The Balaban J connectivity index is 1.66. The van der Waals surface area contributed by atoms with Crippen LogP contribution >= 0.6 is 0 Å². The zero-order chi connectivity index (χ0) is 21.3. The maximum Gasteiger partial charge on any atom is 0.330 e. The van der Waals surface area contributed by atoms with Crippen molar-refractivity contribution in [2.45, 2.75) is 32.0 Å². The average Bonchev–Trinajstić information content (AvgIpc) is 3.23. The second kappa shape index (κ2) is 8.37. The molecule has 1 atom stereocenters. The maximum absolute atomic E-state index is 12.4.